The molecule has 7 nitrogen and oxygen atoms in total. The summed E-state index contributed by atoms with van der Waals surface area (Å²) in [5, 5.41) is 18.2. The van der Waals surface area contributed by atoms with Crippen molar-refractivity contribution in [3.63, 3.8) is 0 Å². The first-order chi connectivity index (χ1) is 9.63. The summed E-state index contributed by atoms with van der Waals surface area (Å²) in [4.78, 5) is 6.33. The van der Waals surface area contributed by atoms with E-state index in [0.29, 0.717) is 31.2 Å². The van der Waals surface area contributed by atoms with Gasteiger partial charge in [-0.25, -0.2) is 0 Å². The van der Waals surface area contributed by atoms with E-state index >= 15 is 0 Å². The van der Waals surface area contributed by atoms with Crippen LogP contribution in [0.1, 0.15) is 30.3 Å². The summed E-state index contributed by atoms with van der Waals surface area (Å²) in [6.45, 7) is 3.93. The highest BCUT2D eigenvalue weighted by atomic mass is 16.5. The molecule has 0 saturated carbocycles. The molecular weight excluding hydrogens is 260 g/mol. The molecule has 0 spiro atoms. The van der Waals surface area contributed by atoms with Gasteiger partial charge in [0.1, 0.15) is 0 Å². The Kier molecular flexibility index (Phi) is 3.54. The SMILES string of the molecule is Cc1noc(CC2(O)CCCN(Cc3ccno3)C2)n1. The molecule has 2 aromatic rings. The van der Waals surface area contributed by atoms with E-state index in [-0.39, 0.29) is 0 Å². The smallest absolute Gasteiger partial charge is 0.229 e. The minimum absolute atomic E-state index is 0.390. The maximum atomic E-state index is 10.7. The first-order valence-corrected chi connectivity index (χ1v) is 6.76. The summed E-state index contributed by atoms with van der Waals surface area (Å²) in [5.41, 5.74) is -0.822. The zero-order chi connectivity index (χ0) is 14.0. The summed E-state index contributed by atoms with van der Waals surface area (Å²) < 4.78 is 10.2. The third-order valence-corrected chi connectivity index (χ3v) is 3.56. The van der Waals surface area contributed by atoms with E-state index in [0.717, 1.165) is 25.1 Å². The third-order valence-electron chi connectivity index (χ3n) is 3.56. The monoisotopic (exact) mass is 278 g/mol. The van der Waals surface area contributed by atoms with Crippen LogP contribution in [0.3, 0.4) is 0 Å². The normalized spacial score (nSPS) is 24.1. The van der Waals surface area contributed by atoms with Gasteiger partial charge in [-0.2, -0.15) is 4.98 Å². The zero-order valence-electron chi connectivity index (χ0n) is 11.4. The first-order valence-electron chi connectivity index (χ1n) is 6.76. The molecule has 0 aliphatic carbocycles. The number of aromatic nitrogens is 3. The van der Waals surface area contributed by atoms with Crippen LogP contribution < -0.4 is 0 Å². The van der Waals surface area contributed by atoms with Crippen molar-refractivity contribution >= 4 is 0 Å². The molecule has 2 aromatic heterocycles. The Morgan fingerprint density at radius 3 is 3.05 bits per heavy atom. The van der Waals surface area contributed by atoms with Crippen molar-refractivity contribution in [2.45, 2.75) is 38.3 Å². The Morgan fingerprint density at radius 2 is 2.35 bits per heavy atom. The lowest BCUT2D eigenvalue weighted by Crippen LogP contribution is -2.49. The third kappa shape index (κ3) is 3.05. The Balaban J connectivity index is 1.64. The van der Waals surface area contributed by atoms with Crippen LogP contribution in [-0.2, 0) is 13.0 Å². The fourth-order valence-electron chi connectivity index (χ4n) is 2.72. The maximum absolute atomic E-state index is 10.7. The van der Waals surface area contributed by atoms with Crippen LogP contribution in [0.25, 0.3) is 0 Å². The minimum Gasteiger partial charge on any atom is -0.388 e. The molecule has 3 heterocycles. The molecular formula is C13H18N4O3. The Hall–Kier alpha value is -1.73. The van der Waals surface area contributed by atoms with Crippen LogP contribution >= 0.6 is 0 Å². The van der Waals surface area contributed by atoms with Gasteiger partial charge >= 0.3 is 0 Å². The van der Waals surface area contributed by atoms with Crippen LogP contribution in [0.2, 0.25) is 0 Å². The molecule has 108 valence electrons. The highest BCUT2D eigenvalue weighted by molar-refractivity contribution is 4.99. The lowest BCUT2D eigenvalue weighted by molar-refractivity contribution is -0.0391. The first kappa shape index (κ1) is 13.3. The predicted octanol–water partition coefficient (Wildman–Crippen LogP) is 0.936. The van der Waals surface area contributed by atoms with Gasteiger partial charge in [0.15, 0.2) is 11.6 Å². The van der Waals surface area contributed by atoms with E-state index in [1.807, 2.05) is 6.07 Å². The van der Waals surface area contributed by atoms with Gasteiger partial charge in [-0.05, 0) is 26.3 Å². The fourth-order valence-corrected chi connectivity index (χ4v) is 2.72. The Morgan fingerprint density at radius 1 is 1.45 bits per heavy atom. The van der Waals surface area contributed by atoms with E-state index in [9.17, 15) is 5.11 Å². The van der Waals surface area contributed by atoms with Crippen molar-refractivity contribution in [2.24, 2.45) is 0 Å². The summed E-state index contributed by atoms with van der Waals surface area (Å²) in [6.07, 6.45) is 3.69. The summed E-state index contributed by atoms with van der Waals surface area (Å²) in [6, 6.07) is 1.84. The van der Waals surface area contributed by atoms with Gasteiger partial charge in [-0.15, -0.1) is 0 Å². The number of rotatable bonds is 4. The van der Waals surface area contributed by atoms with Gasteiger partial charge in [0, 0.05) is 12.6 Å². The Labute approximate surface area is 116 Å². The molecule has 1 fully saturated rings. The number of hydrogen-bond donors (Lipinski definition) is 1. The van der Waals surface area contributed by atoms with Crippen LogP contribution in [-0.4, -0.2) is 44.0 Å². The van der Waals surface area contributed by atoms with E-state index < -0.39 is 5.60 Å². The number of nitrogens with zero attached hydrogens (tertiary/aromatic N) is 4. The second-order valence-corrected chi connectivity index (χ2v) is 5.43. The molecule has 3 rings (SSSR count). The van der Waals surface area contributed by atoms with Crippen molar-refractivity contribution in [3.05, 3.63) is 29.7 Å². The molecule has 1 N–H and O–H groups in total. The van der Waals surface area contributed by atoms with Gasteiger partial charge in [-0.1, -0.05) is 10.3 Å². The largest absolute Gasteiger partial charge is 0.388 e. The molecule has 0 bridgehead atoms. The van der Waals surface area contributed by atoms with Crippen molar-refractivity contribution < 1.29 is 14.2 Å². The number of aryl methyl sites for hydroxylation is 1. The molecule has 1 aliphatic heterocycles. The summed E-state index contributed by atoms with van der Waals surface area (Å²) in [7, 11) is 0. The van der Waals surface area contributed by atoms with Gasteiger partial charge in [0.2, 0.25) is 5.89 Å². The standard InChI is InChI=1S/C13H18N4O3/c1-10-15-12(20-16-10)7-13(18)4-2-6-17(9-13)8-11-3-5-14-19-11/h3,5,18H,2,4,6-9H2,1H3. The van der Waals surface area contributed by atoms with Gasteiger partial charge in [-0.3, -0.25) is 4.90 Å². The van der Waals surface area contributed by atoms with Crippen LogP contribution in [0.5, 0.6) is 0 Å². The lowest BCUT2D eigenvalue weighted by Gasteiger charge is -2.38. The average molecular weight is 278 g/mol. The number of piperidine rings is 1. The quantitative estimate of drug-likeness (QED) is 0.890. The average Bonchev–Trinajstić information content (AvgIpc) is 3.01. The number of aliphatic hydroxyl groups is 1. The second-order valence-electron chi connectivity index (χ2n) is 5.43. The predicted molar refractivity (Wildman–Crippen MR) is 68.7 cm³/mol. The molecule has 7 heteroatoms. The van der Waals surface area contributed by atoms with Crippen molar-refractivity contribution in [2.75, 3.05) is 13.1 Å². The molecule has 20 heavy (non-hydrogen) atoms. The fraction of sp³-hybridized carbons (Fsp3) is 0.615. The van der Waals surface area contributed by atoms with Crippen LogP contribution in [0.15, 0.2) is 21.3 Å². The van der Waals surface area contributed by atoms with Crippen LogP contribution in [0.4, 0.5) is 0 Å². The molecule has 0 aromatic carbocycles. The highest BCUT2D eigenvalue weighted by Gasteiger charge is 2.35. The zero-order valence-corrected chi connectivity index (χ0v) is 11.4. The van der Waals surface area contributed by atoms with E-state index in [4.69, 9.17) is 9.05 Å². The number of β-amino-alcohol motifs (C(OH)–C–C–N with tert-alkyl or cyclic N) is 1. The van der Waals surface area contributed by atoms with E-state index in [1.165, 1.54) is 0 Å². The summed E-state index contributed by atoms with van der Waals surface area (Å²) in [5.74, 6) is 1.90. The Bertz CT molecular complexity index is 554. The molecule has 0 radical (unpaired) electrons. The maximum Gasteiger partial charge on any atom is 0.229 e. The lowest BCUT2D eigenvalue weighted by atomic mass is 9.89. The van der Waals surface area contributed by atoms with Crippen molar-refractivity contribution in [1.82, 2.24) is 20.2 Å². The number of hydrogen-bond acceptors (Lipinski definition) is 7. The molecule has 1 atom stereocenters. The molecule has 0 amide bonds. The van der Waals surface area contributed by atoms with E-state index in [2.05, 4.69) is 20.2 Å². The number of likely N-dealkylation sites (tertiary alicyclic amines) is 1. The highest BCUT2D eigenvalue weighted by Crippen LogP contribution is 2.25. The second kappa shape index (κ2) is 5.34. The topological polar surface area (TPSA) is 88.4 Å². The molecule has 1 aliphatic rings. The van der Waals surface area contributed by atoms with Crippen LogP contribution in [0, 0.1) is 6.92 Å². The molecule has 1 unspecified atom stereocenters. The van der Waals surface area contributed by atoms with Gasteiger partial charge < -0.3 is 14.2 Å². The van der Waals surface area contributed by atoms with Crippen molar-refractivity contribution in [3.8, 4) is 0 Å². The van der Waals surface area contributed by atoms with Gasteiger partial charge in [0.05, 0.1) is 24.8 Å². The van der Waals surface area contributed by atoms with E-state index in [1.54, 1.807) is 13.1 Å². The van der Waals surface area contributed by atoms with Crippen molar-refractivity contribution in [1.29, 1.82) is 0 Å². The summed E-state index contributed by atoms with van der Waals surface area (Å²) >= 11 is 0. The minimum atomic E-state index is -0.822. The molecule has 1 saturated heterocycles. The van der Waals surface area contributed by atoms with Gasteiger partial charge in [0.25, 0.3) is 0 Å².